The average molecular weight is 250 g/mol. The number of nitrogens with two attached hydrogens (primary N) is 1. The van der Waals surface area contributed by atoms with Gasteiger partial charge in [-0.05, 0) is 24.7 Å². The highest BCUT2D eigenvalue weighted by molar-refractivity contribution is 5.58. The van der Waals surface area contributed by atoms with Crippen molar-refractivity contribution < 1.29 is 5.11 Å². The lowest BCUT2D eigenvalue weighted by Crippen LogP contribution is -2.38. The van der Waals surface area contributed by atoms with Gasteiger partial charge in [0, 0.05) is 25.3 Å². The molecule has 3 N–H and O–H groups in total. The summed E-state index contributed by atoms with van der Waals surface area (Å²) in [5.74, 6) is 2.16. The van der Waals surface area contributed by atoms with Crippen molar-refractivity contribution in [1.29, 1.82) is 0 Å². The lowest BCUT2D eigenvalue weighted by atomic mass is 9.97. The molecule has 2 heterocycles. The van der Waals surface area contributed by atoms with Gasteiger partial charge in [-0.3, -0.25) is 0 Å². The van der Waals surface area contributed by atoms with E-state index in [1.165, 1.54) is 6.33 Å². The van der Waals surface area contributed by atoms with Crippen LogP contribution in [0.1, 0.15) is 38.2 Å². The number of hydrogen-bond acceptors (Lipinski definition) is 5. The van der Waals surface area contributed by atoms with Crippen LogP contribution in [0, 0.1) is 5.92 Å². The minimum Gasteiger partial charge on any atom is -0.396 e. The van der Waals surface area contributed by atoms with Crippen molar-refractivity contribution in [3.8, 4) is 0 Å². The fourth-order valence-electron chi connectivity index (χ4n) is 2.61. The minimum absolute atomic E-state index is 0.244. The molecule has 1 aliphatic heterocycles. The first-order valence-corrected chi connectivity index (χ1v) is 6.59. The molecule has 2 rings (SSSR count). The molecule has 0 bridgehead atoms. The molecule has 0 spiro atoms. The van der Waals surface area contributed by atoms with Crippen LogP contribution in [0.5, 0.6) is 0 Å². The summed E-state index contributed by atoms with van der Waals surface area (Å²) in [5.41, 5.74) is 6.99. The standard InChI is InChI=1S/C13H22N4O/c1-9(2)11-12(14)15-8-16-13(11)17-5-3-4-10(6-17)7-18/h8-10,18H,3-7H2,1-2H3,(H2,14,15,16). The van der Waals surface area contributed by atoms with E-state index in [1.54, 1.807) is 0 Å². The van der Waals surface area contributed by atoms with Crippen molar-refractivity contribution >= 4 is 11.6 Å². The average Bonchev–Trinajstić information content (AvgIpc) is 2.38. The van der Waals surface area contributed by atoms with E-state index < -0.39 is 0 Å². The third-order valence-electron chi connectivity index (χ3n) is 3.55. The second kappa shape index (κ2) is 5.52. The van der Waals surface area contributed by atoms with E-state index in [-0.39, 0.29) is 6.61 Å². The summed E-state index contributed by atoms with van der Waals surface area (Å²) in [6, 6.07) is 0. The molecule has 1 aliphatic rings. The lowest BCUT2D eigenvalue weighted by molar-refractivity contribution is 0.208. The molecule has 1 unspecified atom stereocenters. The van der Waals surface area contributed by atoms with Gasteiger partial charge in [-0.1, -0.05) is 13.8 Å². The van der Waals surface area contributed by atoms with E-state index >= 15 is 0 Å². The monoisotopic (exact) mass is 250 g/mol. The van der Waals surface area contributed by atoms with Gasteiger partial charge < -0.3 is 15.7 Å². The van der Waals surface area contributed by atoms with Gasteiger partial charge in [-0.25, -0.2) is 9.97 Å². The Morgan fingerprint density at radius 1 is 1.50 bits per heavy atom. The van der Waals surface area contributed by atoms with Crippen molar-refractivity contribution in [2.24, 2.45) is 5.92 Å². The molecule has 18 heavy (non-hydrogen) atoms. The fourth-order valence-corrected chi connectivity index (χ4v) is 2.61. The Morgan fingerprint density at radius 2 is 2.28 bits per heavy atom. The first-order chi connectivity index (χ1) is 8.63. The molecule has 0 aliphatic carbocycles. The third kappa shape index (κ3) is 2.56. The Hall–Kier alpha value is -1.36. The van der Waals surface area contributed by atoms with Crippen LogP contribution >= 0.6 is 0 Å². The van der Waals surface area contributed by atoms with Crippen LogP contribution < -0.4 is 10.6 Å². The molecule has 1 saturated heterocycles. The number of nitrogens with zero attached hydrogens (tertiary/aromatic N) is 3. The number of aliphatic hydroxyl groups excluding tert-OH is 1. The molecule has 5 heteroatoms. The minimum atomic E-state index is 0.244. The zero-order chi connectivity index (χ0) is 13.1. The molecule has 1 atom stereocenters. The van der Waals surface area contributed by atoms with Gasteiger partial charge in [-0.15, -0.1) is 0 Å². The maximum atomic E-state index is 9.30. The van der Waals surface area contributed by atoms with E-state index in [1.807, 2.05) is 0 Å². The van der Waals surface area contributed by atoms with Crippen molar-refractivity contribution in [2.75, 3.05) is 30.3 Å². The van der Waals surface area contributed by atoms with Gasteiger partial charge in [0.15, 0.2) is 0 Å². The van der Waals surface area contributed by atoms with Gasteiger partial charge >= 0.3 is 0 Å². The fraction of sp³-hybridized carbons (Fsp3) is 0.692. The summed E-state index contributed by atoms with van der Waals surface area (Å²) in [4.78, 5) is 10.7. The van der Waals surface area contributed by atoms with Crippen molar-refractivity contribution in [1.82, 2.24) is 9.97 Å². The van der Waals surface area contributed by atoms with Crippen molar-refractivity contribution in [3.05, 3.63) is 11.9 Å². The lowest BCUT2D eigenvalue weighted by Gasteiger charge is -2.34. The quantitative estimate of drug-likeness (QED) is 0.848. The topological polar surface area (TPSA) is 75.3 Å². The van der Waals surface area contributed by atoms with Gasteiger partial charge in [0.25, 0.3) is 0 Å². The highest BCUT2D eigenvalue weighted by Crippen LogP contribution is 2.31. The van der Waals surface area contributed by atoms with Crippen LogP contribution in [-0.2, 0) is 0 Å². The molecule has 1 aromatic heterocycles. The zero-order valence-corrected chi connectivity index (χ0v) is 11.1. The number of aliphatic hydroxyl groups is 1. The smallest absolute Gasteiger partial charge is 0.137 e. The van der Waals surface area contributed by atoms with Gasteiger partial charge in [0.05, 0.1) is 0 Å². The predicted molar refractivity (Wildman–Crippen MR) is 72.6 cm³/mol. The molecule has 100 valence electrons. The van der Waals surface area contributed by atoms with Crippen LogP contribution in [0.2, 0.25) is 0 Å². The van der Waals surface area contributed by atoms with Crippen molar-refractivity contribution in [2.45, 2.75) is 32.6 Å². The van der Waals surface area contributed by atoms with Crippen LogP contribution in [0.4, 0.5) is 11.6 Å². The van der Waals surface area contributed by atoms with E-state index in [0.717, 1.165) is 37.3 Å². The number of nitrogen functional groups attached to an aromatic ring is 1. The Labute approximate surface area is 108 Å². The molecule has 0 radical (unpaired) electrons. The Morgan fingerprint density at radius 3 is 2.94 bits per heavy atom. The summed E-state index contributed by atoms with van der Waals surface area (Å²) in [6.45, 7) is 6.28. The molecule has 0 aromatic carbocycles. The molecule has 1 fully saturated rings. The highest BCUT2D eigenvalue weighted by Gasteiger charge is 2.24. The maximum absolute atomic E-state index is 9.30. The number of rotatable bonds is 3. The molecule has 1 aromatic rings. The SMILES string of the molecule is CC(C)c1c(N)ncnc1N1CCCC(CO)C1. The first-order valence-electron chi connectivity index (χ1n) is 6.59. The van der Waals surface area contributed by atoms with Crippen LogP contribution in [0.3, 0.4) is 0 Å². The zero-order valence-electron chi connectivity index (χ0n) is 11.1. The number of anilines is 2. The second-order valence-electron chi connectivity index (χ2n) is 5.29. The summed E-state index contributed by atoms with van der Waals surface area (Å²) in [6.07, 6.45) is 3.70. The number of aromatic nitrogens is 2. The highest BCUT2D eigenvalue weighted by atomic mass is 16.3. The van der Waals surface area contributed by atoms with E-state index in [0.29, 0.717) is 17.7 Å². The van der Waals surface area contributed by atoms with Gasteiger partial charge in [0.2, 0.25) is 0 Å². The normalized spacial score (nSPS) is 20.4. The summed E-state index contributed by atoms with van der Waals surface area (Å²) in [5, 5.41) is 9.30. The predicted octanol–water partition coefficient (Wildman–Crippen LogP) is 1.39. The number of hydrogen-bond donors (Lipinski definition) is 2. The molecule has 0 saturated carbocycles. The molecular formula is C13H22N4O. The summed E-state index contributed by atoms with van der Waals surface area (Å²) >= 11 is 0. The first kappa shape index (κ1) is 13.1. The Kier molecular flexibility index (Phi) is 4.01. The summed E-state index contributed by atoms with van der Waals surface area (Å²) in [7, 11) is 0. The summed E-state index contributed by atoms with van der Waals surface area (Å²) < 4.78 is 0. The van der Waals surface area contributed by atoms with Gasteiger partial charge in [0.1, 0.15) is 18.0 Å². The van der Waals surface area contributed by atoms with E-state index in [2.05, 4.69) is 28.7 Å². The van der Waals surface area contributed by atoms with Gasteiger partial charge in [-0.2, -0.15) is 0 Å². The Bertz CT molecular complexity index is 408. The third-order valence-corrected chi connectivity index (χ3v) is 3.55. The number of piperidine rings is 1. The van der Waals surface area contributed by atoms with Crippen LogP contribution in [0.15, 0.2) is 6.33 Å². The van der Waals surface area contributed by atoms with E-state index in [4.69, 9.17) is 5.73 Å². The maximum Gasteiger partial charge on any atom is 0.137 e. The Balaban J connectivity index is 2.29. The van der Waals surface area contributed by atoms with E-state index in [9.17, 15) is 5.11 Å². The second-order valence-corrected chi connectivity index (χ2v) is 5.29. The molecular weight excluding hydrogens is 228 g/mol. The molecule has 5 nitrogen and oxygen atoms in total. The van der Waals surface area contributed by atoms with Crippen LogP contribution in [-0.4, -0.2) is 34.8 Å². The molecule has 0 amide bonds. The van der Waals surface area contributed by atoms with Crippen LogP contribution in [0.25, 0.3) is 0 Å². The van der Waals surface area contributed by atoms with Crippen molar-refractivity contribution in [3.63, 3.8) is 0 Å². The largest absolute Gasteiger partial charge is 0.396 e.